The largest absolute Gasteiger partial charge is 0.386 e. The lowest BCUT2D eigenvalue weighted by Gasteiger charge is -2.17. The smallest absolute Gasteiger partial charge is 0.329 e. The Balaban J connectivity index is 1.38. The van der Waals surface area contributed by atoms with Crippen LogP contribution in [-0.2, 0) is 31.3 Å². The van der Waals surface area contributed by atoms with E-state index in [-0.39, 0.29) is 6.03 Å². The lowest BCUT2D eigenvalue weighted by Crippen LogP contribution is -2.23. The highest BCUT2D eigenvalue weighted by Gasteiger charge is 2.24. The van der Waals surface area contributed by atoms with Crippen molar-refractivity contribution in [1.29, 1.82) is 0 Å². The molecule has 0 saturated carbocycles. The number of urea groups is 1. The maximum Gasteiger partial charge on any atom is 0.329 e. The van der Waals surface area contributed by atoms with Crippen LogP contribution in [-0.4, -0.2) is 11.1 Å². The number of carbonyl (C=O) groups is 1. The fraction of sp³-hybridized carbons (Fsp3) is 0.375. The molecular weight excluding hydrogens is 380 g/mol. The molecule has 152 valence electrons. The summed E-state index contributed by atoms with van der Waals surface area (Å²) in [5.41, 5.74) is 7.55. The third-order valence-corrected chi connectivity index (χ3v) is 6.36. The fourth-order valence-corrected chi connectivity index (χ4v) is 4.78. The van der Waals surface area contributed by atoms with Gasteiger partial charge in [-0.2, -0.15) is 0 Å². The highest BCUT2D eigenvalue weighted by atomic mass is 32.2. The van der Waals surface area contributed by atoms with E-state index < -0.39 is 5.60 Å². The Bertz CT molecular complexity index is 928. The van der Waals surface area contributed by atoms with Crippen LogP contribution >= 0.6 is 11.9 Å². The summed E-state index contributed by atoms with van der Waals surface area (Å²) in [7, 11) is 0. The van der Waals surface area contributed by atoms with Crippen LogP contribution in [0.15, 0.2) is 35.7 Å². The molecule has 2 aliphatic rings. The average molecular weight is 409 g/mol. The molecule has 0 unspecified atom stereocenters. The van der Waals surface area contributed by atoms with Crippen molar-refractivity contribution in [3.63, 3.8) is 0 Å². The molecule has 2 aliphatic carbocycles. The molecule has 0 atom stereocenters. The number of hydrogen-bond donors (Lipinski definition) is 3. The molecule has 4 nitrogen and oxygen atoms in total. The molecule has 0 spiro atoms. The van der Waals surface area contributed by atoms with E-state index in [0.717, 1.165) is 42.5 Å². The van der Waals surface area contributed by atoms with E-state index in [1.807, 2.05) is 35.7 Å². The van der Waals surface area contributed by atoms with Crippen molar-refractivity contribution in [3.8, 4) is 0 Å². The molecule has 0 saturated heterocycles. The van der Waals surface area contributed by atoms with Crippen LogP contribution in [0.4, 0.5) is 10.5 Å². The highest BCUT2D eigenvalue weighted by molar-refractivity contribution is 8.00. The van der Waals surface area contributed by atoms with Gasteiger partial charge in [0.25, 0.3) is 0 Å². The van der Waals surface area contributed by atoms with Crippen molar-refractivity contribution in [2.75, 3.05) is 5.32 Å². The molecule has 0 fully saturated rings. The minimum atomic E-state index is -0.870. The van der Waals surface area contributed by atoms with E-state index in [2.05, 4.69) is 16.1 Å². The first-order valence-corrected chi connectivity index (χ1v) is 11.2. The zero-order valence-corrected chi connectivity index (χ0v) is 17.9. The minimum Gasteiger partial charge on any atom is -0.386 e. The molecule has 0 heterocycles. The quantitative estimate of drug-likeness (QED) is 0.586. The number of aliphatic hydroxyl groups is 1. The molecule has 4 rings (SSSR count). The number of rotatable bonds is 5. The van der Waals surface area contributed by atoms with Crippen LogP contribution in [0.2, 0.25) is 0 Å². The highest BCUT2D eigenvalue weighted by Crippen LogP contribution is 2.38. The van der Waals surface area contributed by atoms with E-state index in [4.69, 9.17) is 0 Å². The van der Waals surface area contributed by atoms with E-state index >= 15 is 0 Å². The van der Waals surface area contributed by atoms with Crippen molar-refractivity contribution in [2.45, 2.75) is 58.0 Å². The van der Waals surface area contributed by atoms with Crippen molar-refractivity contribution in [1.82, 2.24) is 4.72 Å². The van der Waals surface area contributed by atoms with E-state index in [1.165, 1.54) is 47.0 Å². The first kappa shape index (κ1) is 20.0. The summed E-state index contributed by atoms with van der Waals surface area (Å²) >= 11 is 1.25. The number of aryl methyl sites for hydroxylation is 2. The summed E-state index contributed by atoms with van der Waals surface area (Å²) in [6.07, 6.45) is 8.65. The Morgan fingerprint density at radius 1 is 1.07 bits per heavy atom. The van der Waals surface area contributed by atoms with Crippen molar-refractivity contribution >= 4 is 29.7 Å². The van der Waals surface area contributed by atoms with Gasteiger partial charge in [-0.25, -0.2) is 4.79 Å². The van der Waals surface area contributed by atoms with Gasteiger partial charge in [-0.05, 0) is 115 Å². The van der Waals surface area contributed by atoms with Crippen LogP contribution in [0.5, 0.6) is 0 Å². The second-order valence-electron chi connectivity index (χ2n) is 8.40. The van der Waals surface area contributed by atoms with Crippen molar-refractivity contribution < 1.29 is 9.90 Å². The zero-order chi connectivity index (χ0) is 20.4. The van der Waals surface area contributed by atoms with Crippen LogP contribution in [0, 0.1) is 0 Å². The minimum absolute atomic E-state index is 0.181. The molecule has 0 aliphatic heterocycles. The third kappa shape index (κ3) is 4.51. The lowest BCUT2D eigenvalue weighted by atomic mass is 9.97. The third-order valence-electron chi connectivity index (χ3n) is 5.78. The molecule has 0 bridgehead atoms. The molecule has 2 aromatic rings. The number of carbonyl (C=O) groups excluding carboxylic acids is 1. The van der Waals surface area contributed by atoms with Crippen LogP contribution in [0.25, 0.3) is 6.08 Å². The van der Waals surface area contributed by atoms with Crippen molar-refractivity contribution in [2.24, 2.45) is 0 Å². The van der Waals surface area contributed by atoms with Crippen LogP contribution < -0.4 is 10.0 Å². The number of nitrogens with one attached hydrogen (secondary N) is 2. The summed E-state index contributed by atoms with van der Waals surface area (Å²) in [5, 5.41) is 15.1. The zero-order valence-electron chi connectivity index (χ0n) is 17.0. The van der Waals surface area contributed by atoms with Gasteiger partial charge in [-0.3, -0.25) is 4.72 Å². The number of amides is 2. The Morgan fingerprint density at radius 3 is 2.41 bits per heavy atom. The summed E-state index contributed by atoms with van der Waals surface area (Å²) in [6.45, 7) is 3.54. The van der Waals surface area contributed by atoms with Gasteiger partial charge in [0.05, 0.1) is 5.60 Å². The van der Waals surface area contributed by atoms with Gasteiger partial charge in [0.1, 0.15) is 0 Å². The molecule has 2 amide bonds. The molecule has 29 heavy (non-hydrogen) atoms. The monoisotopic (exact) mass is 408 g/mol. The van der Waals surface area contributed by atoms with Gasteiger partial charge in [0.2, 0.25) is 0 Å². The Hall–Kier alpha value is -2.24. The summed E-state index contributed by atoms with van der Waals surface area (Å²) in [6, 6.07) is 9.95. The summed E-state index contributed by atoms with van der Waals surface area (Å²) < 4.78 is 2.86. The van der Waals surface area contributed by atoms with Crippen molar-refractivity contribution in [3.05, 3.63) is 69.1 Å². The molecule has 5 heteroatoms. The predicted molar refractivity (Wildman–Crippen MR) is 121 cm³/mol. The number of hydrogen-bond acceptors (Lipinski definition) is 3. The maximum absolute atomic E-state index is 12.5. The molecule has 0 radical (unpaired) electrons. The average Bonchev–Trinajstić information content (AvgIpc) is 3.34. The maximum atomic E-state index is 12.5. The Labute approximate surface area is 176 Å². The summed E-state index contributed by atoms with van der Waals surface area (Å²) in [5.74, 6) is 0. The van der Waals surface area contributed by atoms with Gasteiger partial charge in [0, 0.05) is 5.69 Å². The van der Waals surface area contributed by atoms with E-state index in [0.29, 0.717) is 0 Å². The fourth-order valence-electron chi connectivity index (χ4n) is 4.33. The second-order valence-corrected chi connectivity index (χ2v) is 9.11. The number of benzene rings is 2. The van der Waals surface area contributed by atoms with Crippen LogP contribution in [0.1, 0.15) is 60.1 Å². The van der Waals surface area contributed by atoms with Gasteiger partial charge in [0.15, 0.2) is 0 Å². The van der Waals surface area contributed by atoms with E-state index in [1.54, 1.807) is 13.8 Å². The normalized spacial score (nSPS) is 15.4. The topological polar surface area (TPSA) is 61.4 Å². The predicted octanol–water partition coefficient (Wildman–Crippen LogP) is 5.33. The van der Waals surface area contributed by atoms with Crippen LogP contribution in [0.3, 0.4) is 0 Å². The molecule has 0 aromatic heterocycles. The summed E-state index contributed by atoms with van der Waals surface area (Å²) in [4.78, 5) is 12.5. The van der Waals surface area contributed by atoms with Gasteiger partial charge in [-0.15, -0.1) is 0 Å². The first-order valence-electron chi connectivity index (χ1n) is 10.3. The molecule has 3 N–H and O–H groups in total. The molecule has 2 aromatic carbocycles. The lowest BCUT2D eigenvalue weighted by molar-refractivity contribution is 0.0786. The number of fused-ring (bicyclic) bond motifs is 2. The first-order chi connectivity index (χ1) is 13.9. The molecular formula is C24H28N2O2S. The Kier molecular flexibility index (Phi) is 5.70. The number of anilines is 1. The second kappa shape index (κ2) is 8.25. The van der Waals surface area contributed by atoms with Gasteiger partial charge >= 0.3 is 6.03 Å². The standard InChI is InChI=1S/C24H28N2O2S/c1-24(2,28)19-9-3-6-16(14-19)12-13-29-26-23(27)25-22-20-10-4-7-17(20)15-18-8-5-11-21(18)22/h3,6,9,12-15,28H,4-5,7-8,10-11H2,1-2H3,(H2,25,26,27)/b13-12+. The SMILES string of the molecule is CC(C)(O)c1cccc(/C=C/SNC(=O)Nc2c3c(cc4c2CCC4)CCC3)c1. The van der Waals surface area contributed by atoms with E-state index in [9.17, 15) is 9.90 Å². The Morgan fingerprint density at radius 2 is 1.76 bits per heavy atom. The van der Waals surface area contributed by atoms with Gasteiger partial charge in [-0.1, -0.05) is 24.3 Å². The van der Waals surface area contributed by atoms with Gasteiger partial charge < -0.3 is 10.4 Å².